The van der Waals surface area contributed by atoms with E-state index in [0.717, 1.165) is 0 Å². The van der Waals surface area contributed by atoms with Gasteiger partial charge in [-0.2, -0.15) is 0 Å². The van der Waals surface area contributed by atoms with Crippen LogP contribution in [0.25, 0.3) is 0 Å². The summed E-state index contributed by atoms with van der Waals surface area (Å²) >= 11 is 0. The Bertz CT molecular complexity index is 500. The standard InChI is InChI=1S/C14H12F2O/c1-9-7-11(15)3-5-13(9)17-14-6-4-12(16)8-10(14)2/h3-8H,1-2H3. The fraction of sp³-hybridized carbons (Fsp3) is 0.143. The lowest BCUT2D eigenvalue weighted by Crippen LogP contribution is -1.91. The summed E-state index contributed by atoms with van der Waals surface area (Å²) in [4.78, 5) is 0. The van der Waals surface area contributed by atoms with Crippen LogP contribution in [0.15, 0.2) is 36.4 Å². The molecular formula is C14H12F2O. The summed E-state index contributed by atoms with van der Waals surface area (Å²) in [6, 6.07) is 8.59. The van der Waals surface area contributed by atoms with Crippen molar-refractivity contribution in [2.75, 3.05) is 0 Å². The second kappa shape index (κ2) is 4.53. The van der Waals surface area contributed by atoms with Crippen LogP contribution in [0.5, 0.6) is 11.5 Å². The zero-order valence-corrected chi connectivity index (χ0v) is 9.63. The monoisotopic (exact) mass is 234 g/mol. The minimum atomic E-state index is -0.300. The SMILES string of the molecule is Cc1cc(F)ccc1Oc1ccc(F)cc1C. The summed E-state index contributed by atoms with van der Waals surface area (Å²) in [5.74, 6) is 0.540. The number of hydrogen-bond donors (Lipinski definition) is 0. The molecule has 17 heavy (non-hydrogen) atoms. The first-order valence-corrected chi connectivity index (χ1v) is 5.26. The Labute approximate surface area is 98.7 Å². The van der Waals surface area contributed by atoms with Crippen molar-refractivity contribution in [2.45, 2.75) is 13.8 Å². The molecule has 0 spiro atoms. The number of hydrogen-bond acceptors (Lipinski definition) is 1. The lowest BCUT2D eigenvalue weighted by molar-refractivity contribution is 0.471. The molecule has 0 aromatic heterocycles. The molecule has 2 aromatic rings. The number of rotatable bonds is 2. The third kappa shape index (κ3) is 2.61. The van der Waals surface area contributed by atoms with Crippen LogP contribution in [-0.4, -0.2) is 0 Å². The number of benzene rings is 2. The minimum Gasteiger partial charge on any atom is -0.457 e. The van der Waals surface area contributed by atoms with Gasteiger partial charge in [-0.25, -0.2) is 8.78 Å². The highest BCUT2D eigenvalue weighted by Crippen LogP contribution is 2.28. The van der Waals surface area contributed by atoms with Crippen LogP contribution in [0.2, 0.25) is 0 Å². The van der Waals surface area contributed by atoms with Crippen molar-refractivity contribution in [3.63, 3.8) is 0 Å². The summed E-state index contributed by atoms with van der Waals surface area (Å²) in [7, 11) is 0. The van der Waals surface area contributed by atoms with Crippen LogP contribution < -0.4 is 4.74 Å². The van der Waals surface area contributed by atoms with E-state index in [4.69, 9.17) is 4.74 Å². The molecule has 0 aliphatic rings. The zero-order valence-electron chi connectivity index (χ0n) is 9.63. The van der Waals surface area contributed by atoms with E-state index < -0.39 is 0 Å². The Morgan fingerprint density at radius 3 is 1.53 bits per heavy atom. The first-order valence-electron chi connectivity index (χ1n) is 5.26. The molecule has 2 aromatic carbocycles. The molecule has 0 atom stereocenters. The number of aryl methyl sites for hydroxylation is 2. The average Bonchev–Trinajstić information content (AvgIpc) is 2.25. The van der Waals surface area contributed by atoms with Gasteiger partial charge < -0.3 is 4.74 Å². The van der Waals surface area contributed by atoms with E-state index in [1.807, 2.05) is 0 Å². The van der Waals surface area contributed by atoms with Crippen LogP contribution in [0.3, 0.4) is 0 Å². The first-order chi connectivity index (χ1) is 8.06. The van der Waals surface area contributed by atoms with Gasteiger partial charge in [-0.3, -0.25) is 0 Å². The van der Waals surface area contributed by atoms with Gasteiger partial charge in [0.2, 0.25) is 0 Å². The maximum Gasteiger partial charge on any atom is 0.130 e. The van der Waals surface area contributed by atoms with E-state index in [9.17, 15) is 8.78 Å². The highest BCUT2D eigenvalue weighted by Gasteiger charge is 2.05. The Kier molecular flexibility index (Phi) is 3.09. The molecule has 0 heterocycles. The molecular weight excluding hydrogens is 222 g/mol. The number of ether oxygens (including phenoxy) is 1. The van der Waals surface area contributed by atoms with Crippen molar-refractivity contribution in [3.05, 3.63) is 59.2 Å². The van der Waals surface area contributed by atoms with E-state index in [0.29, 0.717) is 22.6 Å². The van der Waals surface area contributed by atoms with Crippen molar-refractivity contribution < 1.29 is 13.5 Å². The van der Waals surface area contributed by atoms with Crippen LogP contribution in [0.1, 0.15) is 11.1 Å². The third-order valence-corrected chi connectivity index (χ3v) is 2.49. The summed E-state index contributed by atoms with van der Waals surface area (Å²) in [6.07, 6.45) is 0. The molecule has 0 fully saturated rings. The van der Waals surface area contributed by atoms with Crippen LogP contribution in [0, 0.1) is 25.5 Å². The molecule has 0 saturated carbocycles. The number of halogens is 2. The molecule has 3 heteroatoms. The van der Waals surface area contributed by atoms with Crippen molar-refractivity contribution in [2.24, 2.45) is 0 Å². The van der Waals surface area contributed by atoms with Crippen molar-refractivity contribution in [3.8, 4) is 11.5 Å². The van der Waals surface area contributed by atoms with Gasteiger partial charge in [0.25, 0.3) is 0 Å². The predicted octanol–water partition coefficient (Wildman–Crippen LogP) is 4.37. The van der Waals surface area contributed by atoms with E-state index in [2.05, 4.69) is 0 Å². The van der Waals surface area contributed by atoms with Gasteiger partial charge in [-0.05, 0) is 61.4 Å². The second-order valence-corrected chi connectivity index (χ2v) is 3.92. The van der Waals surface area contributed by atoms with Gasteiger partial charge in [0.1, 0.15) is 23.1 Å². The van der Waals surface area contributed by atoms with Crippen LogP contribution >= 0.6 is 0 Å². The Morgan fingerprint density at radius 2 is 1.18 bits per heavy atom. The molecule has 0 aliphatic carbocycles. The molecule has 1 nitrogen and oxygen atoms in total. The average molecular weight is 234 g/mol. The maximum absolute atomic E-state index is 12.9. The van der Waals surface area contributed by atoms with Gasteiger partial charge in [0, 0.05) is 0 Å². The fourth-order valence-electron chi connectivity index (χ4n) is 1.57. The van der Waals surface area contributed by atoms with E-state index >= 15 is 0 Å². The lowest BCUT2D eigenvalue weighted by atomic mass is 10.2. The summed E-state index contributed by atoms with van der Waals surface area (Å²) in [5.41, 5.74) is 1.41. The van der Waals surface area contributed by atoms with Gasteiger partial charge in [-0.15, -0.1) is 0 Å². The van der Waals surface area contributed by atoms with Gasteiger partial charge in [0.05, 0.1) is 0 Å². The maximum atomic E-state index is 12.9. The molecule has 0 amide bonds. The highest BCUT2D eigenvalue weighted by atomic mass is 19.1. The van der Waals surface area contributed by atoms with E-state index in [1.165, 1.54) is 24.3 Å². The van der Waals surface area contributed by atoms with E-state index in [-0.39, 0.29) is 11.6 Å². The van der Waals surface area contributed by atoms with E-state index in [1.54, 1.807) is 26.0 Å². The first kappa shape index (κ1) is 11.6. The van der Waals surface area contributed by atoms with Crippen molar-refractivity contribution >= 4 is 0 Å². The molecule has 0 bridgehead atoms. The third-order valence-electron chi connectivity index (χ3n) is 2.49. The molecule has 0 N–H and O–H groups in total. The Morgan fingerprint density at radius 1 is 0.765 bits per heavy atom. The highest BCUT2D eigenvalue weighted by molar-refractivity contribution is 5.40. The normalized spacial score (nSPS) is 10.4. The van der Waals surface area contributed by atoms with Crippen LogP contribution in [-0.2, 0) is 0 Å². The fourth-order valence-corrected chi connectivity index (χ4v) is 1.57. The quantitative estimate of drug-likeness (QED) is 0.749. The molecule has 2 rings (SSSR count). The summed E-state index contributed by atoms with van der Waals surface area (Å²) < 4.78 is 31.4. The summed E-state index contributed by atoms with van der Waals surface area (Å²) in [6.45, 7) is 3.52. The van der Waals surface area contributed by atoms with Gasteiger partial charge in [0.15, 0.2) is 0 Å². The molecule has 0 saturated heterocycles. The van der Waals surface area contributed by atoms with Crippen molar-refractivity contribution in [1.29, 1.82) is 0 Å². The second-order valence-electron chi connectivity index (χ2n) is 3.92. The topological polar surface area (TPSA) is 9.23 Å². The Balaban J connectivity index is 2.31. The van der Waals surface area contributed by atoms with Gasteiger partial charge >= 0.3 is 0 Å². The van der Waals surface area contributed by atoms with Gasteiger partial charge in [-0.1, -0.05) is 0 Å². The molecule has 88 valence electrons. The summed E-state index contributed by atoms with van der Waals surface area (Å²) in [5, 5.41) is 0. The smallest absolute Gasteiger partial charge is 0.130 e. The lowest BCUT2D eigenvalue weighted by Gasteiger charge is -2.10. The van der Waals surface area contributed by atoms with Crippen LogP contribution in [0.4, 0.5) is 8.78 Å². The zero-order chi connectivity index (χ0) is 12.4. The Hall–Kier alpha value is -1.90. The predicted molar refractivity (Wildman–Crippen MR) is 62.3 cm³/mol. The largest absolute Gasteiger partial charge is 0.457 e. The van der Waals surface area contributed by atoms with Crippen molar-refractivity contribution in [1.82, 2.24) is 0 Å². The minimum absolute atomic E-state index is 0.300. The molecule has 0 radical (unpaired) electrons. The molecule has 0 aliphatic heterocycles. The molecule has 0 unspecified atom stereocenters.